The highest BCUT2D eigenvalue weighted by atomic mass is 28.2. The molecule has 1 aromatic heterocycles. The van der Waals surface area contributed by atoms with Crippen LogP contribution in [0.4, 0.5) is 0 Å². The predicted molar refractivity (Wildman–Crippen MR) is 206 cm³/mol. The maximum atomic E-state index is 5.98. The molecule has 0 unspecified atom stereocenters. The van der Waals surface area contributed by atoms with Gasteiger partial charge in [-0.05, 0) is 29.7 Å². The topological polar surface area (TPSA) is 27.1 Å². The summed E-state index contributed by atoms with van der Waals surface area (Å²) in [4.78, 5) is 4.41. The Morgan fingerprint density at radius 1 is 0.688 bits per heavy atom. The molecule has 48 heavy (non-hydrogen) atoms. The molecule has 0 bridgehead atoms. The van der Waals surface area contributed by atoms with E-state index in [9.17, 15) is 0 Å². The first-order valence-electron chi connectivity index (χ1n) is 17.7. The molecule has 0 saturated heterocycles. The first kappa shape index (κ1) is 33.3. The molecule has 7 rings (SSSR count). The van der Waals surface area contributed by atoms with Crippen molar-refractivity contribution < 1.29 is 4.74 Å². The van der Waals surface area contributed by atoms with Gasteiger partial charge in [0.25, 0.3) is 0 Å². The van der Waals surface area contributed by atoms with Gasteiger partial charge in [0.1, 0.15) is 5.75 Å². The van der Waals surface area contributed by atoms with Crippen LogP contribution < -0.4 is 20.8 Å². The molecule has 0 radical (unpaired) electrons. The second-order valence-electron chi connectivity index (χ2n) is 12.9. The minimum atomic E-state index is -0.849. The molecular formula is C43H47BN2OSi. The molecule has 0 N–H and O–H groups in total. The Morgan fingerprint density at radius 2 is 1.23 bits per heavy atom. The van der Waals surface area contributed by atoms with Crippen LogP contribution in [0.2, 0.25) is 5.82 Å². The van der Waals surface area contributed by atoms with Crippen LogP contribution >= 0.6 is 0 Å². The molecule has 1 heterocycles. The zero-order valence-corrected chi connectivity index (χ0v) is 29.6. The van der Waals surface area contributed by atoms with E-state index in [1.165, 1.54) is 59.3 Å². The van der Waals surface area contributed by atoms with Gasteiger partial charge in [0.2, 0.25) is 6.71 Å². The van der Waals surface area contributed by atoms with Gasteiger partial charge in [-0.2, -0.15) is 0 Å². The normalized spacial score (nSPS) is 12.8. The Bertz CT molecular complexity index is 1670. The highest BCUT2D eigenvalue weighted by molar-refractivity contribution is 6.86. The summed E-state index contributed by atoms with van der Waals surface area (Å²) in [6.07, 6.45) is 13.6. The van der Waals surface area contributed by atoms with Crippen molar-refractivity contribution in [3.05, 3.63) is 175 Å². The van der Waals surface area contributed by atoms with Crippen molar-refractivity contribution in [3.63, 3.8) is 0 Å². The molecule has 1 saturated carbocycles. The van der Waals surface area contributed by atoms with E-state index in [0.717, 1.165) is 24.6 Å². The van der Waals surface area contributed by atoms with Gasteiger partial charge in [-0.15, -0.1) is 0 Å². The van der Waals surface area contributed by atoms with Crippen LogP contribution in [0, 0.1) is 0 Å². The fourth-order valence-corrected chi connectivity index (χ4v) is 9.19. The molecule has 0 amide bonds. The SMILES string of the molecule is CCCCCCOc1ccc([SiH2]C(c2ccccc2)(c2ccccc2)n2ccnc2)cc1.c1ccc(B(c2ccccc2)C2CC2)cc1. The third-order valence-corrected chi connectivity index (χ3v) is 12.1. The summed E-state index contributed by atoms with van der Waals surface area (Å²) < 4.78 is 8.27. The number of benzene rings is 5. The smallest absolute Gasteiger partial charge is 0.212 e. The van der Waals surface area contributed by atoms with Crippen LogP contribution in [-0.2, 0) is 5.16 Å². The maximum Gasteiger partial charge on any atom is 0.212 e. The second kappa shape index (κ2) is 17.0. The molecule has 1 aliphatic carbocycles. The lowest BCUT2D eigenvalue weighted by atomic mass is 9.37. The van der Waals surface area contributed by atoms with Gasteiger partial charge >= 0.3 is 0 Å². The second-order valence-corrected chi connectivity index (χ2v) is 15.1. The highest BCUT2D eigenvalue weighted by Crippen LogP contribution is 2.38. The Kier molecular flexibility index (Phi) is 11.8. The molecule has 0 aliphatic heterocycles. The molecule has 1 aliphatic rings. The number of unbranched alkanes of at least 4 members (excludes halogenated alkanes) is 3. The molecule has 242 valence electrons. The van der Waals surface area contributed by atoms with Crippen LogP contribution in [0.15, 0.2) is 164 Å². The van der Waals surface area contributed by atoms with E-state index in [1.54, 1.807) is 0 Å². The third kappa shape index (κ3) is 8.45. The zero-order chi connectivity index (χ0) is 32.9. The van der Waals surface area contributed by atoms with Gasteiger partial charge in [-0.1, -0.05) is 194 Å². The van der Waals surface area contributed by atoms with E-state index in [2.05, 4.69) is 168 Å². The monoisotopic (exact) mass is 646 g/mol. The van der Waals surface area contributed by atoms with Crippen molar-refractivity contribution in [2.75, 3.05) is 6.61 Å². The predicted octanol–water partition coefficient (Wildman–Crippen LogP) is 7.55. The van der Waals surface area contributed by atoms with Gasteiger partial charge in [0, 0.05) is 12.4 Å². The number of hydrogen-bond acceptors (Lipinski definition) is 2. The number of aromatic nitrogens is 2. The van der Waals surface area contributed by atoms with Gasteiger partial charge in [0.05, 0.1) is 27.6 Å². The maximum absolute atomic E-state index is 5.98. The Morgan fingerprint density at radius 3 is 1.71 bits per heavy atom. The fraction of sp³-hybridized carbons (Fsp3) is 0.233. The molecule has 0 spiro atoms. The molecule has 5 heteroatoms. The lowest BCUT2D eigenvalue weighted by molar-refractivity contribution is 0.305. The fourth-order valence-electron chi connectivity index (χ4n) is 6.88. The zero-order valence-electron chi connectivity index (χ0n) is 28.2. The van der Waals surface area contributed by atoms with E-state index in [1.807, 2.05) is 12.5 Å². The summed E-state index contributed by atoms with van der Waals surface area (Å²) >= 11 is 0. The number of hydrogen-bond donors (Lipinski definition) is 0. The molecule has 5 aromatic carbocycles. The van der Waals surface area contributed by atoms with E-state index in [-0.39, 0.29) is 5.16 Å². The first-order valence-corrected chi connectivity index (χ1v) is 19.1. The average Bonchev–Trinajstić information content (AvgIpc) is 3.83. The molecule has 6 aromatic rings. The molecule has 0 atom stereocenters. The summed E-state index contributed by atoms with van der Waals surface area (Å²) in [5.41, 5.74) is 5.53. The number of rotatable bonds is 14. The molecular weight excluding hydrogens is 599 g/mol. The summed E-state index contributed by atoms with van der Waals surface area (Å²) in [6, 6.07) is 52.3. The largest absolute Gasteiger partial charge is 0.494 e. The average molecular weight is 647 g/mol. The molecule has 3 nitrogen and oxygen atoms in total. The quantitative estimate of drug-likeness (QED) is 0.0903. The standard InChI is InChI=1S/C28H32N2OSi.C15H15B/c1-2-3-4-11-22-31-26-16-18-27(19-17-26)32-28(30-21-20-29-23-30,24-12-7-5-8-13-24)25-14-9-6-10-15-25;1-3-7-13(8-4-1)16(15-11-12-15)14-9-5-2-6-10-14/h5-10,12-21,23H,2-4,11,22,32H2,1H3;1-10,15H,11-12H2. The van der Waals surface area contributed by atoms with Gasteiger partial charge in [-0.3, -0.25) is 0 Å². The van der Waals surface area contributed by atoms with Crippen molar-refractivity contribution >= 4 is 32.3 Å². The van der Waals surface area contributed by atoms with Crippen molar-refractivity contribution in [2.45, 2.75) is 56.4 Å². The minimum absolute atomic E-state index is 0.248. The first-order chi connectivity index (χ1) is 23.8. The van der Waals surface area contributed by atoms with E-state index < -0.39 is 9.52 Å². The Hall–Kier alpha value is -4.61. The minimum Gasteiger partial charge on any atom is -0.494 e. The Balaban J connectivity index is 0.000000208. The van der Waals surface area contributed by atoms with Crippen molar-refractivity contribution in [1.82, 2.24) is 9.55 Å². The number of ether oxygens (including phenoxy) is 1. The summed E-state index contributed by atoms with van der Waals surface area (Å²) in [7, 11) is -0.849. The summed E-state index contributed by atoms with van der Waals surface area (Å²) in [5, 5.41) is 1.14. The highest BCUT2D eigenvalue weighted by Gasteiger charge is 2.37. The summed E-state index contributed by atoms with van der Waals surface area (Å²) in [6.45, 7) is 3.64. The van der Waals surface area contributed by atoms with Crippen LogP contribution in [0.1, 0.15) is 56.6 Å². The van der Waals surface area contributed by atoms with Crippen molar-refractivity contribution in [2.24, 2.45) is 0 Å². The number of imidazole rings is 1. The van der Waals surface area contributed by atoms with Crippen LogP contribution in [0.25, 0.3) is 0 Å². The van der Waals surface area contributed by atoms with Crippen LogP contribution in [0.5, 0.6) is 5.75 Å². The lowest BCUT2D eigenvalue weighted by Crippen LogP contribution is -2.46. The number of nitrogens with zero attached hydrogens (tertiary/aromatic N) is 2. The Labute approximate surface area is 290 Å². The van der Waals surface area contributed by atoms with E-state index >= 15 is 0 Å². The van der Waals surface area contributed by atoms with Crippen molar-refractivity contribution in [1.29, 1.82) is 0 Å². The van der Waals surface area contributed by atoms with Gasteiger partial charge < -0.3 is 9.30 Å². The van der Waals surface area contributed by atoms with E-state index in [4.69, 9.17) is 4.74 Å². The summed E-state index contributed by atoms with van der Waals surface area (Å²) in [5.74, 6) is 1.83. The van der Waals surface area contributed by atoms with Crippen LogP contribution in [0.3, 0.4) is 0 Å². The lowest BCUT2D eigenvalue weighted by Gasteiger charge is -2.37. The van der Waals surface area contributed by atoms with Gasteiger partial charge in [-0.25, -0.2) is 4.98 Å². The molecule has 1 fully saturated rings. The van der Waals surface area contributed by atoms with Crippen LogP contribution in [-0.4, -0.2) is 32.4 Å². The van der Waals surface area contributed by atoms with E-state index in [0.29, 0.717) is 6.71 Å². The van der Waals surface area contributed by atoms with Crippen molar-refractivity contribution in [3.8, 4) is 5.75 Å². The van der Waals surface area contributed by atoms with Gasteiger partial charge in [0.15, 0.2) is 0 Å². The third-order valence-electron chi connectivity index (χ3n) is 9.51.